The Morgan fingerprint density at radius 3 is 2.12 bits per heavy atom. The van der Waals surface area contributed by atoms with E-state index < -0.39 is 11.5 Å². The number of nitrogens with zero attached hydrogens (tertiary/aromatic N) is 2. The molecule has 2 aromatic carbocycles. The number of rotatable bonds is 4. The maximum atomic E-state index is 13.3. The van der Waals surface area contributed by atoms with Crippen molar-refractivity contribution < 1.29 is 14.7 Å². The normalized spacial score (nSPS) is 25.8. The van der Waals surface area contributed by atoms with E-state index in [9.17, 15) is 14.7 Å². The number of β-amino-alcohol motifs (C(OH)–C–C–N with tert-alkyl or cyclic N) is 1. The quantitative estimate of drug-likeness (QED) is 0.428. The Morgan fingerprint density at radius 1 is 1.00 bits per heavy atom. The van der Waals surface area contributed by atoms with Gasteiger partial charge in [-0.05, 0) is 54.7 Å². The zero-order valence-electron chi connectivity index (χ0n) is 18.4. The van der Waals surface area contributed by atoms with Crippen molar-refractivity contribution in [3.05, 3.63) is 45.3 Å². The van der Waals surface area contributed by atoms with Gasteiger partial charge in [-0.15, -0.1) is 0 Å². The van der Waals surface area contributed by atoms with Gasteiger partial charge in [-0.25, -0.2) is 0 Å². The molecule has 1 saturated carbocycles. The van der Waals surface area contributed by atoms with Crippen LogP contribution in [0, 0.1) is 16.7 Å². The van der Waals surface area contributed by atoms with E-state index in [2.05, 4.69) is 48.6 Å². The number of aliphatic hydroxyl groups excluding tert-OH is 1. The zero-order chi connectivity index (χ0) is 23.0. The summed E-state index contributed by atoms with van der Waals surface area (Å²) >= 11 is 7.11. The van der Waals surface area contributed by atoms with Gasteiger partial charge in [0, 0.05) is 36.7 Å². The van der Waals surface area contributed by atoms with Crippen LogP contribution < -0.4 is 0 Å². The number of benzene rings is 2. The molecule has 5 rings (SSSR count). The molecule has 3 atom stereocenters. The Bertz CT molecular complexity index is 1220. The molecule has 0 spiro atoms. The third-order valence-corrected chi connectivity index (χ3v) is 9.07. The number of aliphatic hydroxyl groups is 1. The van der Waals surface area contributed by atoms with Crippen LogP contribution in [0.1, 0.15) is 33.6 Å². The van der Waals surface area contributed by atoms with Crippen molar-refractivity contribution in [1.82, 2.24) is 9.47 Å². The van der Waals surface area contributed by atoms with Crippen molar-refractivity contribution in [3.63, 3.8) is 0 Å². The fourth-order valence-electron chi connectivity index (χ4n) is 5.80. The zero-order valence-corrected chi connectivity index (χ0v) is 21.5. The second-order valence-electron chi connectivity index (χ2n) is 9.99. The second-order valence-corrected chi connectivity index (χ2v) is 11.8. The predicted octanol–water partition coefficient (Wildman–Crippen LogP) is 5.49. The van der Waals surface area contributed by atoms with Crippen molar-refractivity contribution >= 4 is 65.5 Å². The molecule has 2 fully saturated rings. The van der Waals surface area contributed by atoms with E-state index in [0.29, 0.717) is 6.54 Å². The highest BCUT2D eigenvalue weighted by Crippen LogP contribution is 2.60. The standard InChI is InChI=1S/C25H26Br2N2O3/c1-24(2)19-8-9-25(24,3)23(32)29(22(19)31)13-16(30)12-28-20-6-4-14(26)10-17(20)18-11-15(27)5-7-21(18)28/h4-7,10-11,16,19,30H,8-9,12-13H2,1-3H3/t16-,19-,25+/m1/s1. The predicted molar refractivity (Wildman–Crippen MR) is 132 cm³/mol. The number of hydrogen-bond donors (Lipinski definition) is 1. The van der Waals surface area contributed by atoms with Crippen LogP contribution in [0.25, 0.3) is 21.8 Å². The number of imide groups is 1. The Hall–Kier alpha value is -1.70. The lowest BCUT2D eigenvalue weighted by Gasteiger charge is -2.48. The summed E-state index contributed by atoms with van der Waals surface area (Å²) in [6.45, 7) is 6.36. The molecule has 2 aliphatic rings. The van der Waals surface area contributed by atoms with Gasteiger partial charge in [-0.3, -0.25) is 14.5 Å². The molecule has 32 heavy (non-hydrogen) atoms. The van der Waals surface area contributed by atoms with E-state index in [0.717, 1.165) is 43.6 Å². The summed E-state index contributed by atoms with van der Waals surface area (Å²) in [6, 6.07) is 12.2. The summed E-state index contributed by atoms with van der Waals surface area (Å²) in [7, 11) is 0. The summed E-state index contributed by atoms with van der Waals surface area (Å²) in [5.74, 6) is -0.445. The number of hydrogen-bond acceptors (Lipinski definition) is 3. The van der Waals surface area contributed by atoms with Gasteiger partial charge in [0.1, 0.15) is 0 Å². The second kappa shape index (κ2) is 7.40. The highest BCUT2D eigenvalue weighted by Gasteiger charge is 2.64. The molecular weight excluding hydrogens is 536 g/mol. The number of piperidine rings is 1. The van der Waals surface area contributed by atoms with Gasteiger partial charge in [0.25, 0.3) is 0 Å². The monoisotopic (exact) mass is 560 g/mol. The number of halogens is 2. The average Bonchev–Trinajstić information content (AvgIpc) is 3.12. The molecule has 7 heteroatoms. The minimum Gasteiger partial charge on any atom is -0.389 e. The number of amides is 2. The van der Waals surface area contributed by atoms with Gasteiger partial charge in [-0.1, -0.05) is 52.6 Å². The minimum atomic E-state index is -0.863. The van der Waals surface area contributed by atoms with Crippen LogP contribution in [-0.4, -0.2) is 39.0 Å². The number of carbonyl (C=O) groups excluding carboxylic acids is 2. The lowest BCUT2D eigenvalue weighted by Crippen LogP contribution is -2.60. The molecule has 1 aromatic heterocycles. The van der Waals surface area contributed by atoms with E-state index in [4.69, 9.17) is 0 Å². The molecule has 1 aliphatic carbocycles. The molecule has 1 saturated heterocycles. The lowest BCUT2D eigenvalue weighted by atomic mass is 9.62. The van der Waals surface area contributed by atoms with Crippen LogP contribution in [-0.2, 0) is 16.1 Å². The van der Waals surface area contributed by atoms with Gasteiger partial charge in [0.15, 0.2) is 0 Å². The van der Waals surface area contributed by atoms with Crippen molar-refractivity contribution in [1.29, 1.82) is 0 Å². The summed E-state index contributed by atoms with van der Waals surface area (Å²) in [5.41, 5.74) is 1.10. The summed E-state index contributed by atoms with van der Waals surface area (Å²) < 4.78 is 4.05. The Balaban J connectivity index is 1.48. The highest BCUT2D eigenvalue weighted by atomic mass is 79.9. The molecule has 168 valence electrons. The smallest absolute Gasteiger partial charge is 0.235 e. The van der Waals surface area contributed by atoms with Crippen LogP contribution in [0.3, 0.4) is 0 Å². The molecule has 5 nitrogen and oxygen atoms in total. The molecular formula is C25H26Br2N2O3. The van der Waals surface area contributed by atoms with Crippen LogP contribution in [0.15, 0.2) is 45.3 Å². The molecule has 2 heterocycles. The van der Waals surface area contributed by atoms with E-state index >= 15 is 0 Å². The van der Waals surface area contributed by atoms with Gasteiger partial charge in [-0.2, -0.15) is 0 Å². The van der Waals surface area contributed by atoms with Crippen molar-refractivity contribution in [2.45, 2.75) is 46.3 Å². The Labute approximate surface area is 204 Å². The summed E-state index contributed by atoms with van der Waals surface area (Å²) in [5, 5.41) is 13.2. The van der Waals surface area contributed by atoms with Crippen molar-refractivity contribution in [2.24, 2.45) is 16.7 Å². The average molecular weight is 562 g/mol. The third kappa shape index (κ3) is 3.04. The number of fused-ring (bicyclic) bond motifs is 5. The van der Waals surface area contributed by atoms with Gasteiger partial charge >= 0.3 is 0 Å². The third-order valence-electron chi connectivity index (χ3n) is 8.08. The van der Waals surface area contributed by atoms with E-state index in [1.165, 1.54) is 4.90 Å². The number of likely N-dealkylation sites (tertiary alicyclic amines) is 1. The van der Waals surface area contributed by atoms with E-state index in [1.54, 1.807) is 0 Å². The molecule has 2 bridgehead atoms. The molecule has 0 unspecified atom stereocenters. The van der Waals surface area contributed by atoms with E-state index in [-0.39, 0.29) is 29.7 Å². The fourth-order valence-corrected chi connectivity index (χ4v) is 6.52. The van der Waals surface area contributed by atoms with Crippen LogP contribution in [0.5, 0.6) is 0 Å². The van der Waals surface area contributed by atoms with Crippen LogP contribution in [0.2, 0.25) is 0 Å². The Kier molecular flexibility index (Phi) is 5.12. The van der Waals surface area contributed by atoms with Gasteiger partial charge in [0.05, 0.1) is 24.6 Å². The summed E-state index contributed by atoms with van der Waals surface area (Å²) in [6.07, 6.45) is 0.591. The van der Waals surface area contributed by atoms with Crippen molar-refractivity contribution in [2.75, 3.05) is 6.54 Å². The molecule has 1 N–H and O–H groups in total. The topological polar surface area (TPSA) is 62.5 Å². The summed E-state index contributed by atoms with van der Waals surface area (Å²) in [4.78, 5) is 27.8. The highest BCUT2D eigenvalue weighted by molar-refractivity contribution is 9.10. The largest absolute Gasteiger partial charge is 0.389 e. The molecule has 3 aromatic rings. The molecule has 2 amide bonds. The number of aromatic nitrogens is 1. The Morgan fingerprint density at radius 2 is 1.56 bits per heavy atom. The van der Waals surface area contributed by atoms with Crippen LogP contribution in [0.4, 0.5) is 0 Å². The first-order valence-corrected chi connectivity index (χ1v) is 12.5. The maximum absolute atomic E-state index is 13.3. The minimum absolute atomic E-state index is 0.0219. The first-order valence-electron chi connectivity index (χ1n) is 11.0. The number of carbonyl (C=O) groups is 2. The molecule has 1 aliphatic heterocycles. The lowest BCUT2D eigenvalue weighted by molar-refractivity contribution is -0.169. The maximum Gasteiger partial charge on any atom is 0.235 e. The first kappa shape index (κ1) is 22.1. The van der Waals surface area contributed by atoms with Gasteiger partial charge in [0.2, 0.25) is 11.8 Å². The van der Waals surface area contributed by atoms with Gasteiger partial charge < -0.3 is 9.67 Å². The SMILES string of the molecule is CC1(C)[C@@H]2CC[C@@]1(C)C(=O)N(C[C@H](O)Cn1c3ccc(Br)cc3c3cc(Br)ccc31)C2=O. The van der Waals surface area contributed by atoms with Crippen LogP contribution >= 0.6 is 31.9 Å². The fraction of sp³-hybridized carbons (Fsp3) is 0.440. The molecule has 0 radical (unpaired) electrons. The first-order chi connectivity index (χ1) is 15.0. The van der Waals surface area contributed by atoms with E-state index in [1.807, 2.05) is 45.0 Å². The van der Waals surface area contributed by atoms with Crippen molar-refractivity contribution in [3.8, 4) is 0 Å².